The molecule has 0 spiro atoms. The van der Waals surface area contributed by atoms with Gasteiger partial charge in [0, 0.05) is 42.7 Å². The van der Waals surface area contributed by atoms with Crippen LogP contribution in [0.25, 0.3) is 0 Å². The fourth-order valence-electron chi connectivity index (χ4n) is 2.68. The van der Waals surface area contributed by atoms with E-state index >= 15 is 0 Å². The van der Waals surface area contributed by atoms with Crippen molar-refractivity contribution >= 4 is 11.7 Å². The van der Waals surface area contributed by atoms with Crippen molar-refractivity contribution in [3.05, 3.63) is 41.9 Å². The highest BCUT2D eigenvalue weighted by molar-refractivity contribution is 5.93. The molecule has 0 radical (unpaired) electrons. The van der Waals surface area contributed by atoms with E-state index in [0.29, 0.717) is 11.5 Å². The molecule has 1 atom stereocenters. The summed E-state index contributed by atoms with van der Waals surface area (Å²) < 4.78 is 0. The molecule has 2 aromatic rings. The predicted molar refractivity (Wildman–Crippen MR) is 75.5 cm³/mol. The molecule has 2 aromatic heterocycles. The van der Waals surface area contributed by atoms with Crippen molar-refractivity contribution < 1.29 is 4.79 Å². The van der Waals surface area contributed by atoms with Gasteiger partial charge in [0.15, 0.2) is 0 Å². The number of carbonyl (C=O) groups is 1. The molecule has 0 aliphatic carbocycles. The number of carbonyl (C=O) groups excluding carboxylic acids is 1. The van der Waals surface area contributed by atoms with Crippen LogP contribution < -0.4 is 10.6 Å². The van der Waals surface area contributed by atoms with Crippen molar-refractivity contribution in [2.45, 2.75) is 18.8 Å². The summed E-state index contributed by atoms with van der Waals surface area (Å²) in [5, 5.41) is 7.05. The largest absolute Gasteiger partial charge is 0.366 e. The Morgan fingerprint density at radius 3 is 3.05 bits per heavy atom. The highest BCUT2D eigenvalue weighted by Crippen LogP contribution is 2.28. The van der Waals surface area contributed by atoms with E-state index in [1.165, 1.54) is 0 Å². The first kappa shape index (κ1) is 12.7. The van der Waals surface area contributed by atoms with Crippen LogP contribution in [0.5, 0.6) is 0 Å². The van der Waals surface area contributed by atoms with Crippen LogP contribution in [0.2, 0.25) is 0 Å². The van der Waals surface area contributed by atoms with Crippen LogP contribution in [0.4, 0.5) is 5.82 Å². The summed E-state index contributed by atoms with van der Waals surface area (Å²) in [6, 6.07) is 5.42. The van der Waals surface area contributed by atoms with E-state index in [1.807, 2.05) is 6.07 Å². The summed E-state index contributed by atoms with van der Waals surface area (Å²) in [7, 11) is 0. The number of anilines is 1. The number of nitrogens with two attached hydrogens (primary N) is 1. The minimum absolute atomic E-state index is 0.421. The minimum Gasteiger partial charge on any atom is -0.366 e. The summed E-state index contributed by atoms with van der Waals surface area (Å²) in [5.74, 6) is 0.812. The number of piperidine rings is 1. The zero-order valence-corrected chi connectivity index (χ0v) is 11.1. The van der Waals surface area contributed by atoms with Crippen molar-refractivity contribution in [2.75, 3.05) is 18.0 Å². The van der Waals surface area contributed by atoms with E-state index in [9.17, 15) is 4.79 Å². The number of H-pyrrole nitrogens is 1. The molecular formula is C14H17N5O. The number of hydrogen-bond acceptors (Lipinski definition) is 4. The molecular weight excluding hydrogens is 254 g/mol. The highest BCUT2D eigenvalue weighted by atomic mass is 16.1. The molecule has 0 saturated carbocycles. The second kappa shape index (κ2) is 5.32. The van der Waals surface area contributed by atoms with E-state index in [1.54, 1.807) is 24.5 Å². The number of nitrogens with one attached hydrogen (secondary N) is 1. The lowest BCUT2D eigenvalue weighted by Gasteiger charge is -2.33. The van der Waals surface area contributed by atoms with Crippen molar-refractivity contribution in [3.8, 4) is 0 Å². The van der Waals surface area contributed by atoms with Gasteiger partial charge in [-0.25, -0.2) is 4.98 Å². The van der Waals surface area contributed by atoms with Crippen LogP contribution in [0.3, 0.4) is 0 Å². The third-order valence-corrected chi connectivity index (χ3v) is 3.74. The van der Waals surface area contributed by atoms with Gasteiger partial charge >= 0.3 is 0 Å². The topological polar surface area (TPSA) is 87.9 Å². The second-order valence-corrected chi connectivity index (χ2v) is 5.06. The molecule has 3 rings (SSSR count). The van der Waals surface area contributed by atoms with Gasteiger partial charge in [0.05, 0.1) is 0 Å². The number of pyridine rings is 1. The lowest BCUT2D eigenvalue weighted by molar-refractivity contribution is 0.1000. The molecule has 1 aliphatic rings. The lowest BCUT2D eigenvalue weighted by Crippen LogP contribution is -2.35. The number of nitrogens with zero attached hydrogens (tertiary/aromatic N) is 3. The molecule has 1 saturated heterocycles. The van der Waals surface area contributed by atoms with Crippen LogP contribution in [0.1, 0.15) is 34.8 Å². The van der Waals surface area contributed by atoms with Gasteiger partial charge in [0.25, 0.3) is 0 Å². The lowest BCUT2D eigenvalue weighted by atomic mass is 9.95. The third kappa shape index (κ3) is 2.49. The van der Waals surface area contributed by atoms with Gasteiger partial charge in [0.2, 0.25) is 5.91 Å². The average Bonchev–Trinajstić information content (AvgIpc) is 3.02. The van der Waals surface area contributed by atoms with Crippen molar-refractivity contribution in [1.82, 2.24) is 15.2 Å². The van der Waals surface area contributed by atoms with Gasteiger partial charge < -0.3 is 10.6 Å². The molecule has 104 valence electrons. The number of aromatic nitrogens is 3. The van der Waals surface area contributed by atoms with Gasteiger partial charge in [-0.2, -0.15) is 5.10 Å². The minimum atomic E-state index is -0.421. The highest BCUT2D eigenvalue weighted by Gasteiger charge is 2.23. The summed E-state index contributed by atoms with van der Waals surface area (Å²) in [5.41, 5.74) is 6.97. The zero-order chi connectivity index (χ0) is 13.9. The van der Waals surface area contributed by atoms with E-state index in [-0.39, 0.29) is 0 Å². The summed E-state index contributed by atoms with van der Waals surface area (Å²) in [6.07, 6.45) is 5.63. The maximum atomic E-state index is 11.2. The maximum absolute atomic E-state index is 11.2. The van der Waals surface area contributed by atoms with E-state index in [0.717, 1.165) is 37.4 Å². The Morgan fingerprint density at radius 2 is 2.30 bits per heavy atom. The smallest absolute Gasteiger partial charge is 0.248 e. The first-order valence-electron chi connectivity index (χ1n) is 6.74. The molecule has 3 N–H and O–H groups in total. The van der Waals surface area contributed by atoms with E-state index in [4.69, 9.17) is 5.73 Å². The fourth-order valence-corrected chi connectivity index (χ4v) is 2.68. The van der Waals surface area contributed by atoms with Crippen molar-refractivity contribution in [2.24, 2.45) is 5.73 Å². The van der Waals surface area contributed by atoms with Gasteiger partial charge in [-0.1, -0.05) is 0 Å². The van der Waals surface area contributed by atoms with Gasteiger partial charge in [0.1, 0.15) is 5.82 Å². The summed E-state index contributed by atoms with van der Waals surface area (Å²) in [6.45, 7) is 1.82. The Hall–Kier alpha value is -2.37. The maximum Gasteiger partial charge on any atom is 0.248 e. The SMILES string of the molecule is NC(=O)c1ccnc(N2CCCC(c3ccn[nH]3)C2)c1. The van der Waals surface area contributed by atoms with Crippen LogP contribution in [0, 0.1) is 0 Å². The summed E-state index contributed by atoms with van der Waals surface area (Å²) in [4.78, 5) is 17.8. The Bertz CT molecular complexity index is 595. The van der Waals surface area contributed by atoms with Crippen molar-refractivity contribution in [3.63, 3.8) is 0 Å². The van der Waals surface area contributed by atoms with Crippen LogP contribution in [-0.2, 0) is 0 Å². The first-order chi connectivity index (χ1) is 9.74. The number of hydrogen-bond donors (Lipinski definition) is 2. The quantitative estimate of drug-likeness (QED) is 0.880. The van der Waals surface area contributed by atoms with Crippen LogP contribution >= 0.6 is 0 Å². The van der Waals surface area contributed by atoms with Crippen LogP contribution in [-0.4, -0.2) is 34.2 Å². The molecule has 6 nitrogen and oxygen atoms in total. The normalized spacial score (nSPS) is 19.0. The Kier molecular flexibility index (Phi) is 3.37. The Balaban J connectivity index is 1.80. The average molecular weight is 271 g/mol. The van der Waals surface area contributed by atoms with Gasteiger partial charge in [-0.15, -0.1) is 0 Å². The third-order valence-electron chi connectivity index (χ3n) is 3.74. The predicted octanol–water partition coefficient (Wildman–Crippen LogP) is 1.29. The standard InChI is InChI=1S/C14H17N5O/c15-14(20)10-3-5-16-13(8-10)19-7-1-2-11(9-19)12-4-6-17-18-12/h3-6,8,11H,1-2,7,9H2,(H2,15,20)(H,17,18). The Labute approximate surface area is 117 Å². The number of aromatic amines is 1. The van der Waals surface area contributed by atoms with Crippen molar-refractivity contribution in [1.29, 1.82) is 0 Å². The van der Waals surface area contributed by atoms with E-state index < -0.39 is 5.91 Å². The fraction of sp³-hybridized carbons (Fsp3) is 0.357. The number of primary amides is 1. The molecule has 6 heteroatoms. The molecule has 1 aliphatic heterocycles. The van der Waals surface area contributed by atoms with Crippen LogP contribution in [0.15, 0.2) is 30.6 Å². The second-order valence-electron chi connectivity index (χ2n) is 5.06. The zero-order valence-electron chi connectivity index (χ0n) is 11.1. The Morgan fingerprint density at radius 1 is 1.40 bits per heavy atom. The van der Waals surface area contributed by atoms with Gasteiger partial charge in [-0.3, -0.25) is 9.89 Å². The molecule has 20 heavy (non-hydrogen) atoms. The summed E-state index contributed by atoms with van der Waals surface area (Å²) >= 11 is 0. The number of amides is 1. The number of rotatable bonds is 3. The molecule has 0 bridgehead atoms. The van der Waals surface area contributed by atoms with Gasteiger partial charge in [-0.05, 0) is 31.0 Å². The molecule has 3 heterocycles. The first-order valence-corrected chi connectivity index (χ1v) is 6.74. The molecule has 1 fully saturated rings. The van der Waals surface area contributed by atoms with E-state index in [2.05, 4.69) is 20.1 Å². The molecule has 1 unspecified atom stereocenters. The molecule has 0 aromatic carbocycles. The molecule has 1 amide bonds. The monoisotopic (exact) mass is 271 g/mol.